The molecule has 0 bridgehead atoms. The lowest BCUT2D eigenvalue weighted by molar-refractivity contribution is 0.0169. The Hall–Kier alpha value is -2.35. The van der Waals surface area contributed by atoms with Gasteiger partial charge in [0.1, 0.15) is 6.07 Å². The van der Waals surface area contributed by atoms with Gasteiger partial charge in [-0.25, -0.2) is 9.59 Å². The van der Waals surface area contributed by atoms with E-state index in [2.05, 4.69) is 0 Å². The van der Waals surface area contributed by atoms with Crippen molar-refractivity contribution in [3.63, 3.8) is 0 Å². The molecule has 0 heterocycles. The molecule has 1 rings (SSSR count). The van der Waals surface area contributed by atoms with E-state index in [1.807, 2.05) is 6.07 Å². The lowest BCUT2D eigenvalue weighted by Gasteiger charge is -2.24. The molecule has 0 amide bonds. The van der Waals surface area contributed by atoms with Gasteiger partial charge in [0.25, 0.3) is 0 Å². The van der Waals surface area contributed by atoms with Gasteiger partial charge in [0.05, 0.1) is 11.1 Å². The van der Waals surface area contributed by atoms with Gasteiger partial charge in [-0.3, -0.25) is 0 Å². The van der Waals surface area contributed by atoms with Gasteiger partial charge in [0, 0.05) is 5.41 Å². The zero-order chi connectivity index (χ0) is 14.6. The van der Waals surface area contributed by atoms with Crippen molar-refractivity contribution < 1.29 is 19.4 Å². The molecule has 0 fully saturated rings. The number of carboxylic acids is 1. The van der Waals surface area contributed by atoms with Gasteiger partial charge in [-0.2, -0.15) is 5.26 Å². The van der Waals surface area contributed by atoms with Crippen molar-refractivity contribution >= 4 is 11.9 Å². The van der Waals surface area contributed by atoms with Crippen LogP contribution in [0.5, 0.6) is 0 Å². The van der Waals surface area contributed by atoms with E-state index in [-0.39, 0.29) is 11.1 Å². The van der Waals surface area contributed by atoms with Crippen molar-refractivity contribution in [2.75, 3.05) is 0 Å². The van der Waals surface area contributed by atoms with Crippen molar-refractivity contribution in [1.82, 2.24) is 0 Å². The maximum absolute atomic E-state index is 11.9. The van der Waals surface area contributed by atoms with Crippen LogP contribution < -0.4 is 0 Å². The zero-order valence-electron chi connectivity index (χ0n) is 11.0. The summed E-state index contributed by atoms with van der Waals surface area (Å²) in [6.07, 6.45) is -0.943. The van der Waals surface area contributed by atoms with Crippen molar-refractivity contribution in [1.29, 1.82) is 5.26 Å². The summed E-state index contributed by atoms with van der Waals surface area (Å²) in [5, 5.41) is 18.0. The van der Waals surface area contributed by atoms with Gasteiger partial charge in [0.15, 0.2) is 6.10 Å². The highest BCUT2D eigenvalue weighted by molar-refractivity contribution is 6.02. The first-order valence-corrected chi connectivity index (χ1v) is 5.70. The average molecular weight is 261 g/mol. The average Bonchev–Trinajstić information content (AvgIpc) is 2.34. The number of carbonyl (C=O) groups is 2. The summed E-state index contributed by atoms with van der Waals surface area (Å²) in [5.41, 5.74) is -0.736. The molecule has 0 aliphatic rings. The molecular formula is C14H15NO4. The molecule has 1 atom stereocenters. The monoisotopic (exact) mass is 261 g/mol. The van der Waals surface area contributed by atoms with Crippen LogP contribution >= 0.6 is 0 Å². The predicted octanol–water partition coefficient (Wildman–Crippen LogP) is 2.48. The molecule has 5 heteroatoms. The Labute approximate surface area is 111 Å². The fraction of sp³-hybridized carbons (Fsp3) is 0.357. The molecule has 0 saturated carbocycles. The van der Waals surface area contributed by atoms with Crippen LogP contribution in [0.2, 0.25) is 0 Å². The largest absolute Gasteiger partial charge is 0.478 e. The number of carbonyl (C=O) groups excluding carboxylic acids is 1. The number of nitrogens with zero attached hydrogens (tertiary/aromatic N) is 1. The first kappa shape index (κ1) is 14.7. The number of ether oxygens (including phenoxy) is 1. The highest BCUT2D eigenvalue weighted by Crippen LogP contribution is 2.23. The third-order valence-electron chi connectivity index (χ3n) is 2.51. The first-order valence-electron chi connectivity index (χ1n) is 5.70. The molecule has 1 aromatic rings. The van der Waals surface area contributed by atoms with Gasteiger partial charge in [-0.05, 0) is 12.1 Å². The van der Waals surface area contributed by atoms with E-state index < -0.39 is 23.5 Å². The lowest BCUT2D eigenvalue weighted by atomic mass is 9.90. The molecule has 0 aliphatic heterocycles. The first-order chi connectivity index (χ1) is 8.77. The standard InChI is InChI=1S/C14H15NO4/c1-14(2,3)11(8-15)19-13(18)10-7-5-4-6-9(10)12(16)17/h4-7,11H,1-3H3,(H,16,17). The molecule has 0 aromatic heterocycles. The van der Waals surface area contributed by atoms with Gasteiger partial charge < -0.3 is 9.84 Å². The maximum Gasteiger partial charge on any atom is 0.340 e. The fourth-order valence-corrected chi connectivity index (χ4v) is 1.41. The Bertz CT molecular complexity index is 537. The van der Waals surface area contributed by atoms with Gasteiger partial charge in [0.2, 0.25) is 0 Å². The molecule has 1 unspecified atom stereocenters. The summed E-state index contributed by atoms with van der Waals surface area (Å²) < 4.78 is 5.08. The Morgan fingerprint density at radius 3 is 2.21 bits per heavy atom. The summed E-state index contributed by atoms with van der Waals surface area (Å²) in [4.78, 5) is 23.0. The number of nitriles is 1. The van der Waals surface area contributed by atoms with E-state index >= 15 is 0 Å². The van der Waals surface area contributed by atoms with Crippen LogP contribution in [0.25, 0.3) is 0 Å². The molecule has 1 N–H and O–H groups in total. The Balaban J connectivity index is 3.03. The molecule has 100 valence electrons. The minimum absolute atomic E-state index is 0.0560. The SMILES string of the molecule is CC(C)(C)C(C#N)OC(=O)c1ccccc1C(=O)O. The summed E-state index contributed by atoms with van der Waals surface area (Å²) in [6.45, 7) is 5.28. The number of benzene rings is 1. The smallest absolute Gasteiger partial charge is 0.340 e. The lowest BCUT2D eigenvalue weighted by Crippen LogP contribution is -2.30. The minimum atomic E-state index is -1.21. The number of hydrogen-bond acceptors (Lipinski definition) is 4. The molecule has 1 aromatic carbocycles. The van der Waals surface area contributed by atoms with Crippen molar-refractivity contribution in [2.45, 2.75) is 26.9 Å². The summed E-state index contributed by atoms with van der Waals surface area (Å²) >= 11 is 0. The highest BCUT2D eigenvalue weighted by atomic mass is 16.5. The third-order valence-corrected chi connectivity index (χ3v) is 2.51. The molecule has 5 nitrogen and oxygen atoms in total. The van der Waals surface area contributed by atoms with E-state index in [0.29, 0.717) is 0 Å². The van der Waals surface area contributed by atoms with Crippen LogP contribution in [0, 0.1) is 16.7 Å². The van der Waals surface area contributed by atoms with E-state index in [9.17, 15) is 9.59 Å². The van der Waals surface area contributed by atoms with Crippen molar-refractivity contribution in [3.05, 3.63) is 35.4 Å². The Morgan fingerprint density at radius 1 is 1.26 bits per heavy atom. The number of esters is 1. The van der Waals surface area contributed by atoms with Crippen LogP contribution in [0.15, 0.2) is 24.3 Å². The van der Waals surface area contributed by atoms with E-state index in [0.717, 1.165) is 0 Å². The second-order valence-electron chi connectivity index (χ2n) is 5.13. The molecule has 0 radical (unpaired) electrons. The molecule has 0 saturated heterocycles. The molecule has 19 heavy (non-hydrogen) atoms. The fourth-order valence-electron chi connectivity index (χ4n) is 1.41. The quantitative estimate of drug-likeness (QED) is 0.844. The van der Waals surface area contributed by atoms with Gasteiger partial charge in [-0.15, -0.1) is 0 Å². The third kappa shape index (κ3) is 3.55. The van der Waals surface area contributed by atoms with Crippen LogP contribution in [-0.2, 0) is 4.74 Å². The van der Waals surface area contributed by atoms with Crippen LogP contribution in [-0.4, -0.2) is 23.1 Å². The summed E-state index contributed by atoms with van der Waals surface area (Å²) in [7, 11) is 0. The minimum Gasteiger partial charge on any atom is -0.478 e. The second-order valence-corrected chi connectivity index (χ2v) is 5.13. The zero-order valence-corrected chi connectivity index (χ0v) is 11.0. The molecular weight excluding hydrogens is 246 g/mol. The number of aromatic carboxylic acids is 1. The molecule has 0 aliphatic carbocycles. The van der Waals surface area contributed by atoms with Crippen molar-refractivity contribution in [3.8, 4) is 6.07 Å². The van der Waals surface area contributed by atoms with Gasteiger partial charge >= 0.3 is 11.9 Å². The van der Waals surface area contributed by atoms with Crippen LogP contribution in [0.3, 0.4) is 0 Å². The normalized spacial score (nSPS) is 12.3. The second kappa shape index (κ2) is 5.53. The summed E-state index contributed by atoms with van der Waals surface area (Å²) in [6, 6.07) is 7.64. The topological polar surface area (TPSA) is 87.4 Å². The molecule has 0 spiro atoms. The van der Waals surface area contributed by atoms with E-state index in [4.69, 9.17) is 15.1 Å². The number of hydrogen-bond donors (Lipinski definition) is 1. The number of rotatable bonds is 3. The van der Waals surface area contributed by atoms with Crippen LogP contribution in [0.1, 0.15) is 41.5 Å². The summed E-state index contributed by atoms with van der Waals surface area (Å²) in [5.74, 6) is -2.02. The van der Waals surface area contributed by atoms with Crippen LogP contribution in [0.4, 0.5) is 0 Å². The predicted molar refractivity (Wildman–Crippen MR) is 67.7 cm³/mol. The van der Waals surface area contributed by atoms with E-state index in [1.165, 1.54) is 18.2 Å². The Morgan fingerprint density at radius 2 is 1.79 bits per heavy atom. The van der Waals surface area contributed by atoms with E-state index in [1.54, 1.807) is 26.8 Å². The maximum atomic E-state index is 11.9. The number of carboxylic acid groups (broad SMARTS) is 1. The highest BCUT2D eigenvalue weighted by Gasteiger charge is 2.29. The van der Waals surface area contributed by atoms with Crippen molar-refractivity contribution in [2.24, 2.45) is 5.41 Å². The Kier molecular flexibility index (Phi) is 4.28. The van der Waals surface area contributed by atoms with Gasteiger partial charge in [-0.1, -0.05) is 32.9 Å².